The van der Waals surface area contributed by atoms with Gasteiger partial charge in [0, 0.05) is 31.4 Å². The Bertz CT molecular complexity index is 444. The molecule has 1 saturated heterocycles. The first-order valence-electron chi connectivity index (χ1n) is 5.71. The maximum Gasteiger partial charge on any atom is 0.129 e. The summed E-state index contributed by atoms with van der Waals surface area (Å²) in [6.07, 6.45) is 1.14. The highest BCUT2D eigenvalue weighted by Gasteiger charge is 2.33. The van der Waals surface area contributed by atoms with Crippen molar-refractivity contribution in [3.8, 4) is 11.8 Å². The predicted molar refractivity (Wildman–Crippen MR) is 60.0 cm³/mol. The zero-order valence-electron chi connectivity index (χ0n) is 9.79. The minimum atomic E-state index is -0.692. The fraction of sp³-hybridized carbons (Fsp3) is 0.462. The molecule has 18 heavy (non-hydrogen) atoms. The summed E-state index contributed by atoms with van der Waals surface area (Å²) in [5, 5.41) is 9.20. The topological polar surface area (TPSA) is 42.2 Å². The van der Waals surface area contributed by atoms with Gasteiger partial charge in [-0.25, -0.2) is 8.78 Å². The number of hydrogen-bond acceptors (Lipinski definition) is 3. The Morgan fingerprint density at radius 2 is 1.83 bits per heavy atom. The highest BCUT2D eigenvalue weighted by atomic mass is 19.1. The average molecular weight is 253 g/mol. The van der Waals surface area contributed by atoms with Crippen LogP contribution in [-0.2, 0) is 4.74 Å². The Labute approximate surface area is 104 Å². The van der Waals surface area contributed by atoms with E-state index in [0.717, 1.165) is 18.2 Å². The van der Waals surface area contributed by atoms with Gasteiger partial charge >= 0.3 is 0 Å². The molecule has 0 aliphatic carbocycles. The second-order valence-corrected chi connectivity index (χ2v) is 4.40. The van der Waals surface area contributed by atoms with Gasteiger partial charge in [0.2, 0.25) is 0 Å². The summed E-state index contributed by atoms with van der Waals surface area (Å²) in [5.74, 6) is -1.28. The Kier molecular flexibility index (Phi) is 3.78. The van der Waals surface area contributed by atoms with Gasteiger partial charge in [0.1, 0.15) is 24.0 Å². The van der Waals surface area contributed by atoms with Crippen LogP contribution in [0.4, 0.5) is 8.78 Å². The zero-order valence-corrected chi connectivity index (χ0v) is 9.79. The van der Waals surface area contributed by atoms with Crippen LogP contribution in [0.15, 0.2) is 18.2 Å². The molecule has 1 aliphatic rings. The molecule has 1 aromatic carbocycles. The van der Waals surface area contributed by atoms with Crippen LogP contribution in [0, 0.1) is 28.4 Å². The van der Waals surface area contributed by atoms with E-state index >= 15 is 0 Å². The SMILES string of the molecule is N#CC1(COc2cc(F)cc(F)c2)CCOCC1. The molecule has 0 radical (unpaired) electrons. The van der Waals surface area contributed by atoms with Crippen molar-refractivity contribution in [3.63, 3.8) is 0 Å². The van der Waals surface area contributed by atoms with Crippen molar-refractivity contribution < 1.29 is 18.3 Å². The van der Waals surface area contributed by atoms with Gasteiger partial charge in [-0.15, -0.1) is 0 Å². The molecule has 0 unspecified atom stereocenters. The maximum absolute atomic E-state index is 13.0. The first-order valence-corrected chi connectivity index (χ1v) is 5.71. The van der Waals surface area contributed by atoms with E-state index in [9.17, 15) is 14.0 Å². The molecule has 0 spiro atoms. The summed E-state index contributed by atoms with van der Waals surface area (Å²) in [7, 11) is 0. The molecule has 3 nitrogen and oxygen atoms in total. The van der Waals surface area contributed by atoms with Crippen molar-refractivity contribution in [1.29, 1.82) is 5.26 Å². The molecule has 1 aromatic rings. The Morgan fingerprint density at radius 1 is 1.22 bits per heavy atom. The van der Waals surface area contributed by atoms with Crippen LogP contribution in [0.2, 0.25) is 0 Å². The molecule has 1 heterocycles. The molecule has 0 aromatic heterocycles. The van der Waals surface area contributed by atoms with Crippen LogP contribution in [0.5, 0.6) is 5.75 Å². The van der Waals surface area contributed by atoms with Gasteiger partial charge in [-0.3, -0.25) is 0 Å². The molecular formula is C13H13F2NO2. The van der Waals surface area contributed by atoms with Gasteiger partial charge in [0.05, 0.1) is 11.5 Å². The number of halogens is 2. The summed E-state index contributed by atoms with van der Waals surface area (Å²) in [6, 6.07) is 5.21. The molecule has 0 saturated carbocycles. The van der Waals surface area contributed by atoms with Crippen LogP contribution >= 0.6 is 0 Å². The van der Waals surface area contributed by atoms with Crippen molar-refractivity contribution in [2.45, 2.75) is 12.8 Å². The summed E-state index contributed by atoms with van der Waals surface area (Å²) in [5.41, 5.74) is -0.624. The van der Waals surface area contributed by atoms with Crippen molar-refractivity contribution in [1.82, 2.24) is 0 Å². The molecular weight excluding hydrogens is 240 g/mol. The van der Waals surface area contributed by atoms with Crippen LogP contribution < -0.4 is 4.74 Å². The predicted octanol–water partition coefficient (Wildman–Crippen LogP) is 2.66. The molecule has 0 N–H and O–H groups in total. The van der Waals surface area contributed by atoms with E-state index in [1.54, 1.807) is 0 Å². The van der Waals surface area contributed by atoms with E-state index < -0.39 is 17.0 Å². The third kappa shape index (κ3) is 2.96. The minimum absolute atomic E-state index is 0.105. The zero-order chi connectivity index (χ0) is 13.0. The molecule has 2 rings (SSSR count). The van der Waals surface area contributed by atoms with E-state index in [0.29, 0.717) is 26.1 Å². The van der Waals surface area contributed by atoms with E-state index in [1.807, 2.05) is 0 Å². The molecule has 0 amide bonds. The fourth-order valence-corrected chi connectivity index (χ4v) is 1.88. The van der Waals surface area contributed by atoms with E-state index in [-0.39, 0.29) is 12.4 Å². The first-order chi connectivity index (χ1) is 8.63. The summed E-state index contributed by atoms with van der Waals surface area (Å²) >= 11 is 0. The third-order valence-corrected chi connectivity index (χ3v) is 3.04. The van der Waals surface area contributed by atoms with Gasteiger partial charge in [-0.1, -0.05) is 0 Å². The van der Waals surface area contributed by atoms with Gasteiger partial charge < -0.3 is 9.47 Å². The maximum atomic E-state index is 13.0. The van der Waals surface area contributed by atoms with Crippen LogP contribution in [-0.4, -0.2) is 19.8 Å². The monoisotopic (exact) mass is 253 g/mol. The number of ether oxygens (including phenoxy) is 2. The molecule has 5 heteroatoms. The quantitative estimate of drug-likeness (QED) is 0.831. The van der Waals surface area contributed by atoms with E-state index in [2.05, 4.69) is 6.07 Å². The summed E-state index contributed by atoms with van der Waals surface area (Å²) in [6.45, 7) is 1.14. The van der Waals surface area contributed by atoms with Gasteiger partial charge in [-0.05, 0) is 12.8 Å². The van der Waals surface area contributed by atoms with Crippen molar-refractivity contribution in [2.24, 2.45) is 5.41 Å². The lowest BCUT2D eigenvalue weighted by Gasteiger charge is -2.30. The smallest absolute Gasteiger partial charge is 0.129 e. The number of nitriles is 1. The summed E-state index contributed by atoms with van der Waals surface area (Å²) in [4.78, 5) is 0. The molecule has 96 valence electrons. The van der Waals surface area contributed by atoms with Gasteiger partial charge in [0.25, 0.3) is 0 Å². The van der Waals surface area contributed by atoms with E-state index in [1.165, 1.54) is 0 Å². The lowest BCUT2D eigenvalue weighted by molar-refractivity contribution is 0.0190. The van der Waals surface area contributed by atoms with E-state index in [4.69, 9.17) is 9.47 Å². The molecule has 0 bridgehead atoms. The van der Waals surface area contributed by atoms with Crippen LogP contribution in [0.25, 0.3) is 0 Å². The third-order valence-electron chi connectivity index (χ3n) is 3.04. The molecule has 0 atom stereocenters. The van der Waals surface area contributed by atoms with Gasteiger partial charge in [0.15, 0.2) is 0 Å². The number of rotatable bonds is 3. The minimum Gasteiger partial charge on any atom is -0.492 e. The molecule has 1 fully saturated rings. The Morgan fingerprint density at radius 3 is 2.39 bits per heavy atom. The first kappa shape index (κ1) is 12.8. The lowest BCUT2D eigenvalue weighted by atomic mass is 9.83. The fourth-order valence-electron chi connectivity index (χ4n) is 1.88. The average Bonchev–Trinajstić information content (AvgIpc) is 2.36. The standard InChI is InChI=1S/C13H13F2NO2/c14-10-5-11(15)7-12(6-10)18-9-13(8-16)1-3-17-4-2-13/h5-7H,1-4,9H2. The number of hydrogen-bond donors (Lipinski definition) is 0. The normalized spacial score (nSPS) is 18.1. The van der Waals surface area contributed by atoms with Crippen LogP contribution in [0.3, 0.4) is 0 Å². The molecule has 1 aliphatic heterocycles. The largest absolute Gasteiger partial charge is 0.492 e. The second kappa shape index (κ2) is 5.32. The Balaban J connectivity index is 2.03. The summed E-state index contributed by atoms with van der Waals surface area (Å²) < 4.78 is 36.5. The number of nitrogens with zero attached hydrogens (tertiary/aromatic N) is 1. The Hall–Kier alpha value is -1.67. The highest BCUT2D eigenvalue weighted by molar-refractivity contribution is 5.24. The van der Waals surface area contributed by atoms with Crippen molar-refractivity contribution in [2.75, 3.05) is 19.8 Å². The lowest BCUT2D eigenvalue weighted by Crippen LogP contribution is -2.33. The second-order valence-electron chi connectivity index (χ2n) is 4.40. The highest BCUT2D eigenvalue weighted by Crippen LogP contribution is 2.30. The van der Waals surface area contributed by atoms with Crippen molar-refractivity contribution >= 4 is 0 Å². The van der Waals surface area contributed by atoms with Crippen molar-refractivity contribution in [3.05, 3.63) is 29.8 Å². The van der Waals surface area contributed by atoms with Gasteiger partial charge in [-0.2, -0.15) is 5.26 Å². The number of benzene rings is 1. The van der Waals surface area contributed by atoms with Crippen LogP contribution in [0.1, 0.15) is 12.8 Å².